The van der Waals surface area contributed by atoms with E-state index in [1.54, 1.807) is 0 Å². The third-order valence-corrected chi connectivity index (χ3v) is 2.55. The number of aryl methyl sites for hydroxylation is 1. The molecule has 4 nitrogen and oxygen atoms in total. The quantitative estimate of drug-likeness (QED) is 0.692. The molecule has 0 aromatic carbocycles. The fourth-order valence-electron chi connectivity index (χ4n) is 0.626. The van der Waals surface area contributed by atoms with Crippen LogP contribution in [0.1, 0.15) is 10.7 Å². The largest absolute Gasteiger partial charge is 0.264 e. The molecule has 0 radical (unpaired) electrons. The highest BCUT2D eigenvalue weighted by atomic mass is 32.2. The Balaban J connectivity index is 2.55. The van der Waals surface area contributed by atoms with Crippen molar-refractivity contribution < 1.29 is 12.6 Å². The Morgan fingerprint density at radius 3 is 2.75 bits per heavy atom. The molecule has 0 aliphatic carbocycles. The zero-order valence-electron chi connectivity index (χ0n) is 6.77. The summed E-state index contributed by atoms with van der Waals surface area (Å²) in [4.78, 5) is 4.04. The van der Waals surface area contributed by atoms with Gasteiger partial charge in [-0.05, 0) is 6.92 Å². The fraction of sp³-hybridized carbons (Fsp3) is 0.500. The van der Waals surface area contributed by atoms with Crippen molar-refractivity contribution >= 4 is 21.5 Å². The molecule has 0 amide bonds. The van der Waals surface area contributed by atoms with Crippen molar-refractivity contribution in [1.29, 1.82) is 0 Å². The number of rotatable bonds is 3. The first kappa shape index (κ1) is 9.63. The first-order valence-electron chi connectivity index (χ1n) is 3.23. The van der Waals surface area contributed by atoms with Crippen molar-refractivity contribution in [1.82, 2.24) is 4.98 Å². The van der Waals surface area contributed by atoms with Crippen molar-refractivity contribution in [2.75, 3.05) is 6.26 Å². The highest BCUT2D eigenvalue weighted by molar-refractivity contribution is 7.85. The molecule has 12 heavy (non-hydrogen) atoms. The van der Waals surface area contributed by atoms with Crippen molar-refractivity contribution in [3.63, 3.8) is 0 Å². The molecule has 0 atom stereocenters. The minimum atomic E-state index is -3.35. The number of nitrogens with zero attached hydrogens (tertiary/aromatic N) is 1. The minimum Gasteiger partial charge on any atom is -0.263 e. The lowest BCUT2D eigenvalue weighted by Crippen LogP contribution is -2.02. The smallest absolute Gasteiger partial charge is 0.263 e. The fourth-order valence-corrected chi connectivity index (χ4v) is 1.71. The van der Waals surface area contributed by atoms with Crippen LogP contribution in [0.4, 0.5) is 0 Å². The molecule has 1 aromatic rings. The number of thiazole rings is 1. The maximum atomic E-state index is 10.6. The van der Waals surface area contributed by atoms with E-state index < -0.39 is 10.1 Å². The highest BCUT2D eigenvalue weighted by Crippen LogP contribution is 2.10. The summed E-state index contributed by atoms with van der Waals surface area (Å²) in [6.07, 6.45) is 1.02. The van der Waals surface area contributed by atoms with Crippen molar-refractivity contribution in [2.24, 2.45) is 0 Å². The second-order valence-electron chi connectivity index (χ2n) is 2.35. The molecule has 0 saturated carbocycles. The molecule has 1 aromatic heterocycles. The molecule has 0 bridgehead atoms. The van der Waals surface area contributed by atoms with Gasteiger partial charge in [-0.1, -0.05) is 0 Å². The molecule has 1 heterocycles. The van der Waals surface area contributed by atoms with Gasteiger partial charge >= 0.3 is 0 Å². The molecule has 1 rings (SSSR count). The summed E-state index contributed by atoms with van der Waals surface area (Å²) in [6, 6.07) is 0. The number of hydrogen-bond acceptors (Lipinski definition) is 5. The Morgan fingerprint density at radius 2 is 2.33 bits per heavy atom. The summed E-state index contributed by atoms with van der Waals surface area (Å²) in [5.74, 6) is 0. The van der Waals surface area contributed by atoms with Gasteiger partial charge in [0.2, 0.25) is 0 Å². The maximum absolute atomic E-state index is 10.6. The molecule has 0 aliphatic heterocycles. The lowest BCUT2D eigenvalue weighted by Gasteiger charge is -1.95. The van der Waals surface area contributed by atoms with Crippen LogP contribution in [0, 0.1) is 6.92 Å². The van der Waals surface area contributed by atoms with Crippen LogP contribution in [-0.2, 0) is 20.9 Å². The van der Waals surface area contributed by atoms with Crippen LogP contribution in [0.5, 0.6) is 0 Å². The number of aromatic nitrogens is 1. The topological polar surface area (TPSA) is 56.3 Å². The zero-order chi connectivity index (χ0) is 9.19. The van der Waals surface area contributed by atoms with Gasteiger partial charge in [-0.15, -0.1) is 11.3 Å². The van der Waals surface area contributed by atoms with E-state index in [4.69, 9.17) is 0 Å². The maximum Gasteiger partial charge on any atom is 0.264 e. The van der Waals surface area contributed by atoms with E-state index in [2.05, 4.69) is 9.17 Å². The summed E-state index contributed by atoms with van der Waals surface area (Å²) in [5.41, 5.74) is 0.882. The second kappa shape index (κ2) is 3.51. The lowest BCUT2D eigenvalue weighted by atomic mass is 10.6. The standard InChI is InChI=1S/C6H9NO3S2/c1-5-4-11-6(7-5)3-10-12(2,8)9/h4H,3H2,1-2H3. The molecular formula is C6H9NO3S2. The Kier molecular flexibility index (Phi) is 2.81. The van der Waals surface area contributed by atoms with Gasteiger partial charge in [-0.2, -0.15) is 8.42 Å². The van der Waals surface area contributed by atoms with E-state index in [0.29, 0.717) is 5.01 Å². The van der Waals surface area contributed by atoms with Gasteiger partial charge in [0, 0.05) is 11.1 Å². The molecule has 0 spiro atoms. The van der Waals surface area contributed by atoms with E-state index in [1.807, 2.05) is 12.3 Å². The van der Waals surface area contributed by atoms with Crippen LogP contribution in [0.2, 0.25) is 0 Å². The average Bonchev–Trinajstić information content (AvgIpc) is 2.30. The molecule has 68 valence electrons. The monoisotopic (exact) mass is 207 g/mol. The summed E-state index contributed by atoms with van der Waals surface area (Å²) in [6.45, 7) is 1.89. The van der Waals surface area contributed by atoms with E-state index in [1.165, 1.54) is 11.3 Å². The third kappa shape index (κ3) is 3.29. The molecule has 0 unspecified atom stereocenters. The Morgan fingerprint density at radius 1 is 1.67 bits per heavy atom. The SMILES string of the molecule is Cc1csc(COS(C)(=O)=O)n1. The first-order chi connectivity index (χ1) is 5.47. The third-order valence-electron chi connectivity index (χ3n) is 1.06. The van der Waals surface area contributed by atoms with E-state index in [-0.39, 0.29) is 6.61 Å². The van der Waals surface area contributed by atoms with Gasteiger partial charge in [-0.3, -0.25) is 4.18 Å². The Bertz CT molecular complexity index is 355. The van der Waals surface area contributed by atoms with Gasteiger partial charge in [0.15, 0.2) is 0 Å². The predicted octanol–water partition coefficient (Wildman–Crippen LogP) is 0.928. The Hall–Kier alpha value is -0.460. The molecular weight excluding hydrogens is 198 g/mol. The summed E-state index contributed by atoms with van der Waals surface area (Å²) >= 11 is 1.39. The van der Waals surface area contributed by atoms with Crippen LogP contribution >= 0.6 is 11.3 Å². The van der Waals surface area contributed by atoms with Gasteiger partial charge in [0.1, 0.15) is 11.6 Å². The molecule has 0 fully saturated rings. The van der Waals surface area contributed by atoms with Crippen LogP contribution in [0.15, 0.2) is 5.38 Å². The first-order valence-corrected chi connectivity index (χ1v) is 5.92. The lowest BCUT2D eigenvalue weighted by molar-refractivity contribution is 0.311. The van der Waals surface area contributed by atoms with Crippen LogP contribution in [0.25, 0.3) is 0 Å². The van der Waals surface area contributed by atoms with Gasteiger partial charge in [-0.25, -0.2) is 4.98 Å². The van der Waals surface area contributed by atoms with Gasteiger partial charge in [0.05, 0.1) is 6.26 Å². The average molecular weight is 207 g/mol. The highest BCUT2D eigenvalue weighted by Gasteiger charge is 2.04. The summed E-state index contributed by atoms with van der Waals surface area (Å²) < 4.78 is 25.7. The summed E-state index contributed by atoms with van der Waals surface area (Å²) in [7, 11) is -3.35. The minimum absolute atomic E-state index is 0.0390. The van der Waals surface area contributed by atoms with Crippen LogP contribution < -0.4 is 0 Å². The normalized spacial score (nSPS) is 11.8. The van der Waals surface area contributed by atoms with Gasteiger partial charge in [0.25, 0.3) is 10.1 Å². The molecule has 0 saturated heterocycles. The van der Waals surface area contributed by atoms with Crippen molar-refractivity contribution in [3.05, 3.63) is 16.1 Å². The molecule has 0 N–H and O–H groups in total. The summed E-state index contributed by atoms with van der Waals surface area (Å²) in [5, 5.41) is 2.53. The van der Waals surface area contributed by atoms with E-state index in [0.717, 1.165) is 11.9 Å². The second-order valence-corrected chi connectivity index (χ2v) is 4.94. The molecule has 6 heteroatoms. The zero-order valence-corrected chi connectivity index (χ0v) is 8.41. The molecule has 0 aliphatic rings. The Labute approximate surface area is 75.3 Å². The van der Waals surface area contributed by atoms with Crippen LogP contribution in [-0.4, -0.2) is 19.7 Å². The van der Waals surface area contributed by atoms with E-state index >= 15 is 0 Å². The van der Waals surface area contributed by atoms with Gasteiger partial charge < -0.3 is 0 Å². The van der Waals surface area contributed by atoms with Crippen molar-refractivity contribution in [3.8, 4) is 0 Å². The van der Waals surface area contributed by atoms with E-state index in [9.17, 15) is 8.42 Å². The van der Waals surface area contributed by atoms with Crippen molar-refractivity contribution in [2.45, 2.75) is 13.5 Å². The predicted molar refractivity (Wildman–Crippen MR) is 46.5 cm³/mol. The van der Waals surface area contributed by atoms with Crippen LogP contribution in [0.3, 0.4) is 0 Å². The number of hydrogen-bond donors (Lipinski definition) is 0.